The van der Waals surface area contributed by atoms with Crippen LogP contribution in [0.1, 0.15) is 32.3 Å². The lowest BCUT2D eigenvalue weighted by Crippen LogP contribution is -2.08. The predicted octanol–water partition coefficient (Wildman–Crippen LogP) is 3.09. The second kappa shape index (κ2) is 5.58. The molecular weight excluding hydrogens is 224 g/mol. The molecule has 0 amide bonds. The van der Waals surface area contributed by atoms with E-state index >= 15 is 0 Å². The Morgan fingerprint density at radius 2 is 2.00 bits per heavy atom. The van der Waals surface area contributed by atoms with E-state index in [0.717, 1.165) is 29.3 Å². The predicted molar refractivity (Wildman–Crippen MR) is 73.5 cm³/mol. The minimum atomic E-state index is 0.345. The van der Waals surface area contributed by atoms with Gasteiger partial charge in [0.15, 0.2) is 0 Å². The Labute approximate surface area is 108 Å². The average Bonchev–Trinajstić information content (AvgIpc) is 2.39. The molecule has 0 unspecified atom stereocenters. The second-order valence-electron chi connectivity index (χ2n) is 4.38. The number of nitrogens with one attached hydrogen (secondary N) is 1. The Morgan fingerprint density at radius 3 is 2.61 bits per heavy atom. The summed E-state index contributed by atoms with van der Waals surface area (Å²) in [4.78, 5) is 13.1. The molecule has 0 fully saturated rings. The molecule has 0 saturated heterocycles. The number of anilines is 1. The number of hydrogen-bond acceptors (Lipinski definition) is 4. The van der Waals surface area contributed by atoms with Crippen LogP contribution in [-0.4, -0.2) is 21.5 Å². The van der Waals surface area contributed by atoms with Crippen LogP contribution < -0.4 is 5.32 Å². The van der Waals surface area contributed by atoms with E-state index in [-0.39, 0.29) is 0 Å². The molecule has 0 saturated carbocycles. The quantitative estimate of drug-likeness (QED) is 0.895. The molecule has 2 heterocycles. The van der Waals surface area contributed by atoms with Gasteiger partial charge < -0.3 is 5.32 Å². The third-order valence-electron chi connectivity index (χ3n) is 2.71. The van der Waals surface area contributed by atoms with Crippen LogP contribution in [0.15, 0.2) is 30.7 Å². The Hall–Kier alpha value is -1.97. The lowest BCUT2D eigenvalue weighted by Gasteiger charge is -2.15. The van der Waals surface area contributed by atoms with Crippen molar-refractivity contribution in [2.24, 2.45) is 0 Å². The van der Waals surface area contributed by atoms with Crippen LogP contribution in [-0.2, 0) is 0 Å². The summed E-state index contributed by atoms with van der Waals surface area (Å²) in [5, 5.41) is 3.29. The molecule has 2 rings (SSSR count). The first-order valence-corrected chi connectivity index (χ1v) is 6.24. The molecule has 1 N–H and O–H groups in total. The van der Waals surface area contributed by atoms with Crippen LogP contribution in [0, 0.1) is 0 Å². The van der Waals surface area contributed by atoms with Gasteiger partial charge in [0.05, 0.1) is 11.4 Å². The molecule has 2 aromatic heterocycles. The minimum Gasteiger partial charge on any atom is -0.370 e. The van der Waals surface area contributed by atoms with Gasteiger partial charge in [0, 0.05) is 18.3 Å². The highest BCUT2D eigenvalue weighted by atomic mass is 15.0. The van der Waals surface area contributed by atoms with Gasteiger partial charge in [0.2, 0.25) is 0 Å². The fourth-order valence-electron chi connectivity index (χ4n) is 1.96. The Morgan fingerprint density at radius 1 is 1.17 bits per heavy atom. The molecule has 0 radical (unpaired) electrons. The van der Waals surface area contributed by atoms with E-state index in [4.69, 9.17) is 0 Å². The van der Waals surface area contributed by atoms with Crippen molar-refractivity contribution in [3.8, 4) is 11.4 Å². The molecule has 0 aliphatic heterocycles. The molecule has 0 aliphatic rings. The van der Waals surface area contributed by atoms with Crippen LogP contribution in [0.25, 0.3) is 11.4 Å². The second-order valence-corrected chi connectivity index (χ2v) is 4.38. The fraction of sp³-hybridized carbons (Fsp3) is 0.357. The maximum atomic E-state index is 4.40. The van der Waals surface area contributed by atoms with E-state index in [2.05, 4.69) is 41.0 Å². The van der Waals surface area contributed by atoms with Crippen molar-refractivity contribution in [3.63, 3.8) is 0 Å². The minimum absolute atomic E-state index is 0.345. The third-order valence-corrected chi connectivity index (χ3v) is 2.71. The number of rotatable bonds is 4. The topological polar surface area (TPSA) is 50.7 Å². The van der Waals surface area contributed by atoms with Crippen LogP contribution in [0.4, 0.5) is 5.82 Å². The van der Waals surface area contributed by atoms with Crippen molar-refractivity contribution in [1.82, 2.24) is 15.0 Å². The van der Waals surface area contributed by atoms with Crippen molar-refractivity contribution in [3.05, 3.63) is 36.3 Å². The number of nitrogens with zero attached hydrogens (tertiary/aromatic N) is 3. The van der Waals surface area contributed by atoms with Gasteiger partial charge in [-0.1, -0.05) is 19.9 Å². The van der Waals surface area contributed by atoms with Crippen LogP contribution in [0.2, 0.25) is 0 Å². The SMILES string of the molecule is CCNc1ncnc(-c2ccccn2)c1C(C)C. The van der Waals surface area contributed by atoms with Crippen molar-refractivity contribution >= 4 is 5.82 Å². The molecule has 18 heavy (non-hydrogen) atoms. The van der Waals surface area contributed by atoms with Gasteiger partial charge in [-0.15, -0.1) is 0 Å². The summed E-state index contributed by atoms with van der Waals surface area (Å²) >= 11 is 0. The first-order chi connectivity index (χ1) is 8.74. The van der Waals surface area contributed by atoms with Crippen LogP contribution in [0.5, 0.6) is 0 Å². The molecule has 0 spiro atoms. The summed E-state index contributed by atoms with van der Waals surface area (Å²) < 4.78 is 0. The zero-order chi connectivity index (χ0) is 13.0. The fourth-order valence-corrected chi connectivity index (χ4v) is 1.96. The lowest BCUT2D eigenvalue weighted by molar-refractivity contribution is 0.847. The van der Waals surface area contributed by atoms with E-state index in [1.807, 2.05) is 18.2 Å². The Bertz CT molecular complexity index is 508. The van der Waals surface area contributed by atoms with E-state index in [9.17, 15) is 0 Å². The van der Waals surface area contributed by atoms with Gasteiger partial charge in [-0.25, -0.2) is 9.97 Å². The molecule has 0 bridgehead atoms. The van der Waals surface area contributed by atoms with Crippen molar-refractivity contribution in [2.45, 2.75) is 26.7 Å². The van der Waals surface area contributed by atoms with Crippen molar-refractivity contribution < 1.29 is 0 Å². The Kier molecular flexibility index (Phi) is 3.87. The summed E-state index contributed by atoms with van der Waals surface area (Å²) in [6, 6.07) is 5.86. The molecule has 94 valence electrons. The van der Waals surface area contributed by atoms with E-state index in [1.165, 1.54) is 0 Å². The molecule has 0 atom stereocenters. The first-order valence-electron chi connectivity index (χ1n) is 6.24. The third kappa shape index (κ3) is 2.47. The summed E-state index contributed by atoms with van der Waals surface area (Å²) in [6.07, 6.45) is 3.38. The number of pyridine rings is 1. The average molecular weight is 242 g/mol. The maximum absolute atomic E-state index is 4.40. The lowest BCUT2D eigenvalue weighted by atomic mass is 10.00. The monoisotopic (exact) mass is 242 g/mol. The van der Waals surface area contributed by atoms with Crippen LogP contribution in [0.3, 0.4) is 0 Å². The number of aromatic nitrogens is 3. The summed E-state index contributed by atoms with van der Waals surface area (Å²) in [7, 11) is 0. The van der Waals surface area contributed by atoms with Gasteiger partial charge in [0.25, 0.3) is 0 Å². The van der Waals surface area contributed by atoms with Gasteiger partial charge >= 0.3 is 0 Å². The first kappa shape index (κ1) is 12.5. The van der Waals surface area contributed by atoms with Gasteiger partial charge in [0.1, 0.15) is 12.1 Å². The van der Waals surface area contributed by atoms with Crippen molar-refractivity contribution in [2.75, 3.05) is 11.9 Å². The smallest absolute Gasteiger partial charge is 0.133 e. The largest absolute Gasteiger partial charge is 0.370 e. The number of hydrogen-bond donors (Lipinski definition) is 1. The summed E-state index contributed by atoms with van der Waals surface area (Å²) in [6.45, 7) is 7.20. The standard InChI is InChI=1S/C14H18N4/c1-4-15-14-12(10(2)3)13(17-9-18-14)11-7-5-6-8-16-11/h5-10H,4H2,1-3H3,(H,15,17,18). The molecular formula is C14H18N4. The summed E-state index contributed by atoms with van der Waals surface area (Å²) in [5.74, 6) is 1.25. The van der Waals surface area contributed by atoms with E-state index < -0.39 is 0 Å². The van der Waals surface area contributed by atoms with Crippen LogP contribution >= 0.6 is 0 Å². The zero-order valence-corrected chi connectivity index (χ0v) is 11.0. The highest BCUT2D eigenvalue weighted by Gasteiger charge is 2.16. The van der Waals surface area contributed by atoms with E-state index in [0.29, 0.717) is 5.92 Å². The van der Waals surface area contributed by atoms with Gasteiger partial charge in [-0.05, 0) is 25.0 Å². The zero-order valence-electron chi connectivity index (χ0n) is 11.0. The maximum Gasteiger partial charge on any atom is 0.133 e. The molecule has 0 aromatic carbocycles. The van der Waals surface area contributed by atoms with Gasteiger partial charge in [-0.2, -0.15) is 0 Å². The molecule has 4 nitrogen and oxygen atoms in total. The normalized spacial score (nSPS) is 10.7. The molecule has 4 heteroatoms. The van der Waals surface area contributed by atoms with Crippen molar-refractivity contribution in [1.29, 1.82) is 0 Å². The van der Waals surface area contributed by atoms with E-state index in [1.54, 1.807) is 12.5 Å². The molecule has 0 aliphatic carbocycles. The summed E-state index contributed by atoms with van der Waals surface area (Å²) in [5.41, 5.74) is 2.93. The highest BCUT2D eigenvalue weighted by molar-refractivity contribution is 5.66. The van der Waals surface area contributed by atoms with Gasteiger partial charge in [-0.3, -0.25) is 4.98 Å². The molecule has 2 aromatic rings. The highest BCUT2D eigenvalue weighted by Crippen LogP contribution is 2.30. The Balaban J connectivity index is 2.56.